The molecular weight excluding hydrogens is 175 g/mol. The van der Waals surface area contributed by atoms with E-state index in [-0.39, 0.29) is 0 Å². The smallest absolute Gasteiger partial charge is 0.324 e. The van der Waals surface area contributed by atoms with E-state index in [0.29, 0.717) is 6.61 Å². The Morgan fingerprint density at radius 3 is 2.58 bits per heavy atom. The van der Waals surface area contributed by atoms with Gasteiger partial charge < -0.3 is 9.63 Å². The van der Waals surface area contributed by atoms with E-state index in [9.17, 15) is 0 Å². The quantitative estimate of drug-likeness (QED) is 0.399. The normalized spacial score (nSPS) is 8.83. The molecule has 0 amide bonds. The third-order valence-electron chi connectivity index (χ3n) is 1.13. The van der Waals surface area contributed by atoms with Crippen LogP contribution in [0.3, 0.4) is 0 Å². The first-order valence-corrected chi connectivity index (χ1v) is 4.75. The molecule has 0 heterocycles. The summed E-state index contributed by atoms with van der Waals surface area (Å²) in [6, 6.07) is 0. The van der Waals surface area contributed by atoms with Crippen molar-refractivity contribution in [3.8, 4) is 0 Å². The van der Waals surface area contributed by atoms with Crippen LogP contribution in [0.25, 0.3) is 0 Å². The molecule has 0 aromatic carbocycles. The Morgan fingerprint density at radius 1 is 1.58 bits per heavy atom. The van der Waals surface area contributed by atoms with Crippen molar-refractivity contribution in [2.24, 2.45) is 0 Å². The largest absolute Gasteiger partial charge is 0.377 e. The Balaban J connectivity index is 0. The molecule has 0 spiro atoms. The Labute approximate surface area is 75.7 Å². The lowest BCUT2D eigenvalue weighted by molar-refractivity contribution is 0.158. The molecule has 0 rings (SSSR count). The lowest BCUT2D eigenvalue weighted by Gasteiger charge is -1.97. The van der Waals surface area contributed by atoms with Gasteiger partial charge in [0.25, 0.3) is 0 Å². The summed E-state index contributed by atoms with van der Waals surface area (Å²) in [4.78, 5) is 6.99. The Morgan fingerprint density at radius 2 is 2.17 bits per heavy atom. The van der Waals surface area contributed by atoms with E-state index in [1.54, 1.807) is 6.08 Å². The lowest BCUT2D eigenvalue weighted by atomic mass is 10.3. The fourth-order valence-electron chi connectivity index (χ4n) is 0.621. The van der Waals surface area contributed by atoms with Crippen LogP contribution in [0.5, 0.6) is 0 Å². The minimum atomic E-state index is -0.833. The van der Waals surface area contributed by atoms with Gasteiger partial charge in [-0.2, -0.15) is 0 Å². The number of unbranched alkanes of at least 4 members (excludes halogenated alkanes) is 2. The predicted molar refractivity (Wildman–Crippen MR) is 50.4 cm³/mol. The highest BCUT2D eigenvalue weighted by atomic mass is 31.1. The molecule has 0 bridgehead atoms. The van der Waals surface area contributed by atoms with Crippen LogP contribution in [0, 0.1) is 0 Å². The van der Waals surface area contributed by atoms with Crippen molar-refractivity contribution in [2.45, 2.75) is 26.2 Å². The van der Waals surface area contributed by atoms with E-state index >= 15 is 0 Å². The highest BCUT2D eigenvalue weighted by Crippen LogP contribution is 1.93. The van der Waals surface area contributed by atoms with Crippen LogP contribution in [0.4, 0.5) is 0 Å². The lowest BCUT2D eigenvalue weighted by Crippen LogP contribution is -1.92. The summed E-state index contributed by atoms with van der Waals surface area (Å²) >= 11 is 0. The third-order valence-corrected chi connectivity index (χ3v) is 1.13. The van der Waals surface area contributed by atoms with Crippen LogP contribution >= 0.6 is 8.69 Å². The molecule has 0 aromatic heterocycles. The number of hydrogen-bond acceptors (Lipinski definition) is 2. The molecule has 0 atom stereocenters. The topological polar surface area (TPSA) is 46.5 Å². The third kappa shape index (κ3) is 22.6. The Hall–Kier alpha value is -0.240. The van der Waals surface area contributed by atoms with Crippen molar-refractivity contribution in [3.63, 3.8) is 0 Å². The van der Waals surface area contributed by atoms with Crippen molar-refractivity contribution in [3.05, 3.63) is 12.7 Å². The highest BCUT2D eigenvalue weighted by Gasteiger charge is 1.83. The second-order valence-corrected chi connectivity index (χ2v) is 2.32. The molecule has 0 saturated heterocycles. The van der Waals surface area contributed by atoms with Gasteiger partial charge in [0.1, 0.15) is 0 Å². The second kappa shape index (κ2) is 17.0. The van der Waals surface area contributed by atoms with Crippen LogP contribution < -0.4 is 0 Å². The zero-order valence-electron chi connectivity index (χ0n) is 7.53. The number of ether oxygens (including phenoxy) is 1. The fraction of sp³-hybridized carbons (Fsp3) is 0.750. The van der Waals surface area contributed by atoms with Gasteiger partial charge in [-0.15, -0.1) is 6.58 Å². The molecule has 0 saturated carbocycles. The van der Waals surface area contributed by atoms with Crippen molar-refractivity contribution < 1.29 is 14.2 Å². The predicted octanol–water partition coefficient (Wildman–Crippen LogP) is 2.56. The van der Waals surface area contributed by atoms with Gasteiger partial charge in [0.15, 0.2) is 0 Å². The minimum absolute atomic E-state index is 0.698. The summed E-state index contributed by atoms with van der Waals surface area (Å²) < 4.78 is 13.6. The van der Waals surface area contributed by atoms with Crippen molar-refractivity contribution in [2.75, 3.05) is 13.2 Å². The maximum absolute atomic E-state index is 8.46. The molecule has 0 aromatic rings. The van der Waals surface area contributed by atoms with Gasteiger partial charge >= 0.3 is 8.69 Å². The van der Waals surface area contributed by atoms with Gasteiger partial charge in [0, 0.05) is 6.61 Å². The van der Waals surface area contributed by atoms with Gasteiger partial charge in [0.2, 0.25) is 0 Å². The molecule has 72 valence electrons. The maximum atomic E-state index is 8.46. The zero-order chi connectivity index (χ0) is 9.66. The number of rotatable bonds is 6. The first kappa shape index (κ1) is 14.3. The standard InChI is InChI=1S/C8H16O.HO2P/c1-3-5-6-8-9-7-4-2;1-3-2/h4H,2-3,5-8H2,1H3;(H,1,2). The molecule has 0 aliphatic rings. The number of hydrogen-bond donors (Lipinski definition) is 1. The van der Waals surface area contributed by atoms with Gasteiger partial charge in [0.05, 0.1) is 6.61 Å². The molecule has 3 nitrogen and oxygen atoms in total. The summed E-state index contributed by atoms with van der Waals surface area (Å²) in [6.07, 6.45) is 5.50. The van der Waals surface area contributed by atoms with E-state index in [2.05, 4.69) is 13.5 Å². The summed E-state index contributed by atoms with van der Waals surface area (Å²) in [7, 11) is -0.833. The minimum Gasteiger partial charge on any atom is -0.377 e. The Kier molecular flexibility index (Phi) is 20.3. The average Bonchev–Trinajstić information content (AvgIpc) is 2.06. The molecule has 0 aliphatic carbocycles. The van der Waals surface area contributed by atoms with E-state index < -0.39 is 8.69 Å². The molecule has 0 aliphatic heterocycles. The summed E-state index contributed by atoms with van der Waals surface area (Å²) in [6.45, 7) is 7.33. The first-order valence-electron chi connectivity index (χ1n) is 3.98. The zero-order valence-corrected chi connectivity index (χ0v) is 8.43. The van der Waals surface area contributed by atoms with Gasteiger partial charge in [-0.1, -0.05) is 25.8 Å². The highest BCUT2D eigenvalue weighted by molar-refractivity contribution is 7.16. The summed E-state index contributed by atoms with van der Waals surface area (Å²) in [5.41, 5.74) is 0. The van der Waals surface area contributed by atoms with E-state index in [1.807, 2.05) is 0 Å². The van der Waals surface area contributed by atoms with Gasteiger partial charge in [-0.3, -0.25) is 0 Å². The molecular formula is C8H17O3P. The van der Waals surface area contributed by atoms with E-state index in [4.69, 9.17) is 14.2 Å². The SMILES string of the molecule is C=CCOCCCCC.O=PO. The fourth-order valence-corrected chi connectivity index (χ4v) is 0.621. The maximum Gasteiger partial charge on any atom is 0.324 e. The summed E-state index contributed by atoms with van der Waals surface area (Å²) in [5, 5.41) is 0. The van der Waals surface area contributed by atoms with Crippen molar-refractivity contribution >= 4 is 8.69 Å². The molecule has 0 fully saturated rings. The van der Waals surface area contributed by atoms with Crippen LogP contribution in [0.15, 0.2) is 12.7 Å². The molecule has 4 heteroatoms. The average molecular weight is 192 g/mol. The van der Waals surface area contributed by atoms with Crippen LogP contribution in [0.1, 0.15) is 26.2 Å². The van der Waals surface area contributed by atoms with Crippen LogP contribution in [-0.2, 0) is 9.30 Å². The summed E-state index contributed by atoms with van der Waals surface area (Å²) in [5.74, 6) is 0. The van der Waals surface area contributed by atoms with Gasteiger partial charge in [-0.05, 0) is 6.42 Å². The van der Waals surface area contributed by atoms with E-state index in [1.165, 1.54) is 19.3 Å². The van der Waals surface area contributed by atoms with Crippen molar-refractivity contribution in [1.82, 2.24) is 0 Å². The van der Waals surface area contributed by atoms with Crippen LogP contribution in [-0.4, -0.2) is 18.1 Å². The molecule has 0 radical (unpaired) electrons. The monoisotopic (exact) mass is 192 g/mol. The van der Waals surface area contributed by atoms with Gasteiger partial charge in [-0.25, -0.2) is 4.57 Å². The molecule has 1 N–H and O–H groups in total. The van der Waals surface area contributed by atoms with Crippen molar-refractivity contribution in [1.29, 1.82) is 0 Å². The first-order chi connectivity index (χ1) is 5.83. The molecule has 0 unspecified atom stereocenters. The second-order valence-electron chi connectivity index (χ2n) is 2.15. The molecule has 12 heavy (non-hydrogen) atoms. The Bertz CT molecular complexity index is 96.3. The van der Waals surface area contributed by atoms with Crippen LogP contribution in [0.2, 0.25) is 0 Å². The van der Waals surface area contributed by atoms with E-state index in [0.717, 1.165) is 6.61 Å².